The van der Waals surface area contributed by atoms with Crippen LogP contribution < -0.4 is 0 Å². The van der Waals surface area contributed by atoms with Crippen LogP contribution in [0.2, 0.25) is 0 Å². The molecular formula is C4H7FO5S. The molecule has 0 aromatic carbocycles. The fourth-order valence-corrected chi connectivity index (χ4v) is 0.641. The topological polar surface area (TPSA) is 80.7 Å². The van der Waals surface area contributed by atoms with E-state index >= 15 is 0 Å². The molecule has 0 amide bonds. The normalized spacial score (nSPS) is 14.1. The number of ether oxygens (including phenoxy) is 1. The number of carbonyl (C=O) groups excluding carboxylic acids is 1. The maximum atomic E-state index is 12.2. The molecule has 0 spiro atoms. The predicted octanol–water partition coefficient (Wildman–Crippen LogP) is -0.267. The number of halogens is 1. The molecular weight excluding hydrogens is 179 g/mol. The first-order chi connectivity index (χ1) is 4.89. The minimum atomic E-state index is -4.97. The van der Waals surface area contributed by atoms with Gasteiger partial charge in [0.25, 0.3) is 0 Å². The molecule has 5 nitrogen and oxygen atoms in total. The van der Waals surface area contributed by atoms with Gasteiger partial charge in [-0.3, -0.25) is 4.55 Å². The number of rotatable bonds is 3. The van der Waals surface area contributed by atoms with Gasteiger partial charge in [0.05, 0.1) is 6.61 Å². The third kappa shape index (κ3) is 3.28. The van der Waals surface area contributed by atoms with E-state index in [0.717, 1.165) is 0 Å². The van der Waals surface area contributed by atoms with Gasteiger partial charge < -0.3 is 4.74 Å². The summed E-state index contributed by atoms with van der Waals surface area (Å²) in [6.45, 7) is 1.24. The largest absolute Gasteiger partial charge is 0.463 e. The van der Waals surface area contributed by atoms with Gasteiger partial charge in [-0.2, -0.15) is 8.42 Å². The highest BCUT2D eigenvalue weighted by atomic mass is 32.2. The molecule has 1 atom stereocenters. The van der Waals surface area contributed by atoms with Crippen molar-refractivity contribution in [3.05, 3.63) is 0 Å². The first-order valence-electron chi connectivity index (χ1n) is 2.66. The SMILES string of the molecule is CCOC(=O)C(F)S(=O)(=O)O. The lowest BCUT2D eigenvalue weighted by Gasteiger charge is -2.02. The van der Waals surface area contributed by atoms with Gasteiger partial charge in [0.2, 0.25) is 0 Å². The van der Waals surface area contributed by atoms with Gasteiger partial charge in [0.15, 0.2) is 0 Å². The fourth-order valence-electron chi connectivity index (χ4n) is 0.329. The van der Waals surface area contributed by atoms with Gasteiger partial charge in [0, 0.05) is 0 Å². The van der Waals surface area contributed by atoms with Crippen molar-refractivity contribution < 1.29 is 26.9 Å². The molecule has 0 aliphatic heterocycles. The van der Waals surface area contributed by atoms with Crippen LogP contribution in [0.4, 0.5) is 4.39 Å². The average Bonchev–Trinajstić information content (AvgIpc) is 1.85. The summed E-state index contributed by atoms with van der Waals surface area (Å²) in [5.41, 5.74) is -3.00. The monoisotopic (exact) mass is 186 g/mol. The maximum absolute atomic E-state index is 12.2. The third-order valence-electron chi connectivity index (χ3n) is 0.733. The zero-order chi connectivity index (χ0) is 9.07. The number of esters is 1. The van der Waals surface area contributed by atoms with Crippen LogP contribution in [-0.4, -0.2) is 31.1 Å². The Morgan fingerprint density at radius 2 is 2.18 bits per heavy atom. The quantitative estimate of drug-likeness (QED) is 0.484. The zero-order valence-electron chi connectivity index (χ0n) is 5.65. The van der Waals surface area contributed by atoms with Gasteiger partial charge in [-0.1, -0.05) is 0 Å². The summed E-state index contributed by atoms with van der Waals surface area (Å²) < 4.78 is 44.0. The standard InChI is InChI=1S/C4H7FO5S/c1-2-10-4(6)3(5)11(7,8)9/h3H,2H2,1H3,(H,7,8,9). The minimum absolute atomic E-state index is 0.144. The van der Waals surface area contributed by atoms with E-state index < -0.39 is 21.6 Å². The van der Waals surface area contributed by atoms with E-state index in [1.165, 1.54) is 6.92 Å². The molecule has 7 heteroatoms. The molecule has 0 aliphatic rings. The van der Waals surface area contributed by atoms with E-state index in [1.807, 2.05) is 0 Å². The number of carbonyl (C=O) groups is 1. The molecule has 0 bridgehead atoms. The van der Waals surface area contributed by atoms with Crippen LogP contribution in [0.3, 0.4) is 0 Å². The molecule has 0 fully saturated rings. The Kier molecular flexibility index (Phi) is 3.40. The summed E-state index contributed by atoms with van der Waals surface area (Å²) in [6, 6.07) is 0. The van der Waals surface area contributed by atoms with Crippen LogP contribution in [0.15, 0.2) is 0 Å². The first-order valence-corrected chi connectivity index (χ1v) is 4.17. The summed E-state index contributed by atoms with van der Waals surface area (Å²) >= 11 is 0. The Hall–Kier alpha value is -0.690. The zero-order valence-corrected chi connectivity index (χ0v) is 6.47. The highest BCUT2D eigenvalue weighted by Gasteiger charge is 2.31. The Morgan fingerprint density at radius 1 is 1.73 bits per heavy atom. The van der Waals surface area contributed by atoms with Gasteiger partial charge in [-0.05, 0) is 6.92 Å². The van der Waals surface area contributed by atoms with E-state index in [4.69, 9.17) is 4.55 Å². The lowest BCUT2D eigenvalue weighted by molar-refractivity contribution is -0.145. The predicted molar refractivity (Wildman–Crippen MR) is 33.1 cm³/mol. The molecule has 0 aromatic rings. The molecule has 0 saturated carbocycles. The third-order valence-corrected chi connectivity index (χ3v) is 1.45. The van der Waals surface area contributed by atoms with E-state index in [1.54, 1.807) is 0 Å². The molecule has 0 radical (unpaired) electrons. The molecule has 0 heterocycles. The number of hydrogen-bond acceptors (Lipinski definition) is 4. The van der Waals surface area contributed by atoms with Crippen molar-refractivity contribution >= 4 is 16.1 Å². The van der Waals surface area contributed by atoms with E-state index in [2.05, 4.69) is 4.74 Å². The molecule has 1 N–H and O–H groups in total. The summed E-state index contributed by atoms with van der Waals surface area (Å²) in [4.78, 5) is 10.3. The highest BCUT2D eigenvalue weighted by molar-refractivity contribution is 7.87. The first kappa shape index (κ1) is 10.3. The molecule has 0 saturated heterocycles. The highest BCUT2D eigenvalue weighted by Crippen LogP contribution is 2.02. The maximum Gasteiger partial charge on any atom is 0.359 e. The lowest BCUT2D eigenvalue weighted by Crippen LogP contribution is -2.27. The molecule has 11 heavy (non-hydrogen) atoms. The van der Waals surface area contributed by atoms with E-state index in [9.17, 15) is 17.6 Å². The van der Waals surface area contributed by atoms with Crippen molar-refractivity contribution in [1.29, 1.82) is 0 Å². The second kappa shape index (κ2) is 3.63. The summed E-state index contributed by atoms with van der Waals surface area (Å²) in [6.07, 6.45) is 0. The molecule has 1 unspecified atom stereocenters. The van der Waals surface area contributed by atoms with Crippen molar-refractivity contribution in [2.75, 3.05) is 6.61 Å². The number of alkyl halides is 1. The van der Waals surface area contributed by atoms with Crippen LogP contribution in [0, 0.1) is 0 Å². The Balaban J connectivity index is 4.27. The van der Waals surface area contributed by atoms with Gasteiger partial charge in [0.1, 0.15) is 0 Å². The van der Waals surface area contributed by atoms with Crippen LogP contribution in [0.1, 0.15) is 6.92 Å². The summed E-state index contributed by atoms with van der Waals surface area (Å²) in [7, 11) is -4.97. The summed E-state index contributed by atoms with van der Waals surface area (Å²) in [5.74, 6) is -1.60. The molecule has 66 valence electrons. The molecule has 0 aliphatic carbocycles. The second-order valence-electron chi connectivity index (χ2n) is 1.58. The molecule has 0 aromatic heterocycles. The van der Waals surface area contributed by atoms with Gasteiger partial charge in [-0.25, -0.2) is 9.18 Å². The second-order valence-corrected chi connectivity index (χ2v) is 3.03. The van der Waals surface area contributed by atoms with Crippen LogP contribution in [0.5, 0.6) is 0 Å². The van der Waals surface area contributed by atoms with Crippen molar-refractivity contribution in [2.45, 2.75) is 12.4 Å². The smallest absolute Gasteiger partial charge is 0.359 e. The lowest BCUT2D eigenvalue weighted by atomic mass is 10.7. The van der Waals surface area contributed by atoms with E-state index in [-0.39, 0.29) is 6.61 Å². The molecule has 0 rings (SSSR count). The number of hydrogen-bond donors (Lipinski definition) is 1. The van der Waals surface area contributed by atoms with Crippen molar-refractivity contribution in [3.63, 3.8) is 0 Å². The summed E-state index contributed by atoms with van der Waals surface area (Å²) in [5, 5.41) is 0. The van der Waals surface area contributed by atoms with E-state index in [0.29, 0.717) is 0 Å². The van der Waals surface area contributed by atoms with Crippen molar-refractivity contribution in [1.82, 2.24) is 0 Å². The minimum Gasteiger partial charge on any atom is -0.463 e. The Bertz CT molecular complexity index is 233. The van der Waals surface area contributed by atoms with Crippen molar-refractivity contribution in [3.8, 4) is 0 Å². The van der Waals surface area contributed by atoms with Crippen molar-refractivity contribution in [2.24, 2.45) is 0 Å². The van der Waals surface area contributed by atoms with Crippen LogP contribution in [-0.2, 0) is 19.6 Å². The van der Waals surface area contributed by atoms with Gasteiger partial charge >= 0.3 is 21.6 Å². The van der Waals surface area contributed by atoms with Crippen LogP contribution in [0.25, 0.3) is 0 Å². The Morgan fingerprint density at radius 3 is 2.45 bits per heavy atom. The average molecular weight is 186 g/mol. The Labute approximate surface area is 62.9 Å². The van der Waals surface area contributed by atoms with Crippen LogP contribution >= 0.6 is 0 Å². The fraction of sp³-hybridized carbons (Fsp3) is 0.750. The van der Waals surface area contributed by atoms with Gasteiger partial charge in [-0.15, -0.1) is 0 Å².